The SMILES string of the molecule is Oc1ccc2c3c1OC1c4[nH]c5c(c4CC4(O)C(C2)N(CC2CC2)CCCC314)CC1(O)[C@H]2Cc3ccc(O)c4c3[C@@]1(CCCN2CC1CC1)C5O4. The van der Waals surface area contributed by atoms with Crippen LogP contribution in [0.1, 0.15) is 108 Å². The molecule has 13 rings (SSSR count). The number of nitrogens with zero attached hydrogens (tertiary/aromatic N) is 2. The van der Waals surface area contributed by atoms with E-state index < -0.39 is 34.2 Å². The van der Waals surface area contributed by atoms with E-state index in [4.69, 9.17) is 9.47 Å². The first-order valence-corrected chi connectivity index (χ1v) is 20.0. The second kappa shape index (κ2) is 9.09. The predicted octanol–water partition coefficient (Wildman–Crippen LogP) is 4.60. The Labute approximate surface area is 297 Å². The van der Waals surface area contributed by atoms with Crippen molar-refractivity contribution in [3.05, 3.63) is 69.0 Å². The molecular formula is C42H47N3O6. The van der Waals surface area contributed by atoms with Gasteiger partial charge in [-0.3, -0.25) is 9.80 Å². The van der Waals surface area contributed by atoms with Crippen LogP contribution >= 0.6 is 0 Å². The molecule has 6 aliphatic carbocycles. The highest BCUT2D eigenvalue weighted by Crippen LogP contribution is 2.72. The van der Waals surface area contributed by atoms with Gasteiger partial charge in [-0.2, -0.15) is 0 Å². The largest absolute Gasteiger partial charge is 0.504 e. The van der Waals surface area contributed by atoms with Crippen LogP contribution in [0.15, 0.2) is 24.3 Å². The summed E-state index contributed by atoms with van der Waals surface area (Å²) < 4.78 is 14.0. The summed E-state index contributed by atoms with van der Waals surface area (Å²) in [5, 5.41) is 50.1. The number of aliphatic hydroxyl groups is 2. The van der Waals surface area contributed by atoms with E-state index in [1.54, 1.807) is 12.1 Å². The number of hydrogen-bond acceptors (Lipinski definition) is 8. The van der Waals surface area contributed by atoms with Crippen LogP contribution in [0.25, 0.3) is 0 Å². The monoisotopic (exact) mass is 689 g/mol. The first-order valence-electron chi connectivity index (χ1n) is 20.0. The van der Waals surface area contributed by atoms with Crippen LogP contribution < -0.4 is 9.47 Å². The van der Waals surface area contributed by atoms with Crippen molar-refractivity contribution in [2.45, 2.75) is 123 Å². The highest BCUT2D eigenvalue weighted by atomic mass is 16.5. The Kier molecular flexibility index (Phi) is 5.21. The van der Waals surface area contributed by atoms with Crippen molar-refractivity contribution in [2.24, 2.45) is 11.8 Å². The van der Waals surface area contributed by atoms with Gasteiger partial charge in [0.15, 0.2) is 35.2 Å². The third-order valence-electron chi connectivity index (χ3n) is 16.2. The first-order chi connectivity index (χ1) is 24.7. The quantitative estimate of drug-likeness (QED) is 0.270. The predicted molar refractivity (Wildman–Crippen MR) is 186 cm³/mol. The first kappa shape index (κ1) is 29.2. The lowest BCUT2D eigenvalue weighted by Gasteiger charge is -2.58. The van der Waals surface area contributed by atoms with Crippen LogP contribution in [0.2, 0.25) is 0 Å². The highest BCUT2D eigenvalue weighted by Gasteiger charge is 2.75. The van der Waals surface area contributed by atoms with E-state index in [0.29, 0.717) is 36.2 Å². The Balaban J connectivity index is 1.04. The van der Waals surface area contributed by atoms with E-state index in [1.165, 1.54) is 36.8 Å². The Morgan fingerprint density at radius 2 is 1.12 bits per heavy atom. The number of phenolic OH excluding ortho intramolecular Hbond substituents is 2. The molecule has 10 aliphatic rings. The van der Waals surface area contributed by atoms with Gasteiger partial charge in [0.2, 0.25) is 0 Å². The number of hydrogen-bond donors (Lipinski definition) is 5. The fourth-order valence-corrected chi connectivity index (χ4v) is 13.8. The molecule has 0 amide bonds. The molecule has 3 aromatic rings. The summed E-state index contributed by atoms with van der Waals surface area (Å²) in [6.45, 7) is 3.96. The fraction of sp³-hybridized carbons (Fsp3) is 0.619. The Morgan fingerprint density at radius 1 is 0.667 bits per heavy atom. The third kappa shape index (κ3) is 3.21. The van der Waals surface area contributed by atoms with Crippen LogP contribution in [0.4, 0.5) is 0 Å². The maximum absolute atomic E-state index is 13.7. The molecule has 5 heterocycles. The Morgan fingerprint density at radius 3 is 1.55 bits per heavy atom. The molecule has 2 spiro atoms. The van der Waals surface area contributed by atoms with Gasteiger partial charge in [0, 0.05) is 49.1 Å². The normalized spacial score (nSPS) is 40.7. The summed E-state index contributed by atoms with van der Waals surface area (Å²) >= 11 is 0. The fourth-order valence-electron chi connectivity index (χ4n) is 13.8. The molecule has 266 valence electrons. The van der Waals surface area contributed by atoms with E-state index in [9.17, 15) is 20.4 Å². The summed E-state index contributed by atoms with van der Waals surface area (Å²) in [6.07, 6.45) is 10.0. The molecule has 6 unspecified atom stereocenters. The van der Waals surface area contributed by atoms with Crippen molar-refractivity contribution >= 4 is 0 Å². The van der Waals surface area contributed by atoms with Gasteiger partial charge < -0.3 is 34.9 Å². The van der Waals surface area contributed by atoms with Gasteiger partial charge in [-0.25, -0.2) is 0 Å². The minimum atomic E-state index is -1.11. The number of aromatic hydroxyl groups is 2. The number of fused-ring (bicyclic) bond motifs is 5. The van der Waals surface area contributed by atoms with Crippen molar-refractivity contribution in [3.63, 3.8) is 0 Å². The number of aromatic nitrogens is 1. The lowest BCUT2D eigenvalue weighted by molar-refractivity contribution is -0.137. The molecule has 51 heavy (non-hydrogen) atoms. The molecule has 9 nitrogen and oxygen atoms in total. The smallest absolute Gasteiger partial charge is 0.166 e. The summed E-state index contributed by atoms with van der Waals surface area (Å²) in [4.78, 5) is 9.16. The molecule has 0 radical (unpaired) electrons. The number of phenols is 2. The second-order valence-electron chi connectivity index (χ2n) is 18.5. The van der Waals surface area contributed by atoms with E-state index >= 15 is 0 Å². The molecule has 4 aliphatic heterocycles. The zero-order chi connectivity index (χ0) is 33.8. The van der Waals surface area contributed by atoms with Crippen LogP contribution in [0.3, 0.4) is 0 Å². The van der Waals surface area contributed by atoms with E-state index in [0.717, 1.165) is 98.3 Å². The second-order valence-corrected chi connectivity index (χ2v) is 18.5. The summed E-state index contributed by atoms with van der Waals surface area (Å²) in [6, 6.07) is 7.59. The van der Waals surface area contributed by atoms with Gasteiger partial charge in [-0.05, 0) is 124 Å². The highest BCUT2D eigenvalue weighted by molar-refractivity contribution is 5.68. The molecule has 4 bridgehead atoms. The van der Waals surface area contributed by atoms with Crippen molar-refractivity contribution in [3.8, 4) is 23.0 Å². The zero-order valence-corrected chi connectivity index (χ0v) is 29.1. The van der Waals surface area contributed by atoms with Crippen molar-refractivity contribution in [1.82, 2.24) is 14.8 Å². The van der Waals surface area contributed by atoms with E-state index in [2.05, 4.69) is 26.9 Å². The van der Waals surface area contributed by atoms with E-state index in [1.807, 2.05) is 0 Å². The van der Waals surface area contributed by atoms with Gasteiger partial charge >= 0.3 is 0 Å². The molecule has 2 saturated heterocycles. The van der Waals surface area contributed by atoms with Crippen molar-refractivity contribution in [1.29, 1.82) is 0 Å². The number of likely N-dealkylation sites (tertiary alicyclic amines) is 2. The van der Waals surface area contributed by atoms with Gasteiger partial charge in [-0.15, -0.1) is 0 Å². The molecule has 1 aromatic heterocycles. The minimum Gasteiger partial charge on any atom is -0.504 e. The van der Waals surface area contributed by atoms with Crippen LogP contribution in [-0.2, 0) is 36.5 Å². The van der Waals surface area contributed by atoms with Gasteiger partial charge in [-0.1, -0.05) is 12.1 Å². The molecule has 5 N–H and O–H groups in total. The maximum Gasteiger partial charge on any atom is 0.166 e. The number of ether oxygens (including phenoxy) is 2. The molecule has 2 aromatic carbocycles. The summed E-state index contributed by atoms with van der Waals surface area (Å²) in [7, 11) is 0. The molecule has 9 heteroatoms. The van der Waals surface area contributed by atoms with Crippen LogP contribution in [0, 0.1) is 11.8 Å². The topological polar surface area (TPSA) is 122 Å². The average molecular weight is 690 g/mol. The molecule has 8 atom stereocenters. The number of nitrogens with one attached hydrogen (secondary N) is 1. The number of H-pyrrole nitrogens is 1. The molecule has 2 saturated carbocycles. The molecule has 4 fully saturated rings. The number of rotatable bonds is 4. The van der Waals surface area contributed by atoms with Crippen LogP contribution in [-0.4, -0.2) is 84.7 Å². The standard InChI is InChI=1S/C42H47N3O6/c46-27-9-7-23-15-29-41(48)17-25-26-18-42(49)30-16-24-8-10-28(47)36-32(24)40(42,12-2-14-45(30)20-22-5-6-22)38(51-36)34(26)43-33(25)37-39(41,31(23)35(27)50-37)11-1-13-44(29)19-21-3-4-21/h7-10,21-22,29-30,37-38,43,46-49H,1-6,11-20H2/t29-,30?,37?,38?,39+,40?,41?,42?/m1/s1. The number of aromatic amines is 1. The van der Waals surface area contributed by atoms with E-state index in [-0.39, 0.29) is 23.6 Å². The maximum atomic E-state index is 13.7. The average Bonchev–Trinajstić information content (AvgIpc) is 4.01. The lowest BCUT2D eigenvalue weighted by atomic mass is 9.49. The van der Waals surface area contributed by atoms with Gasteiger partial charge in [0.05, 0.1) is 33.4 Å². The minimum absolute atomic E-state index is 0.0656. The number of benzene rings is 2. The van der Waals surface area contributed by atoms with Crippen molar-refractivity contribution in [2.75, 3.05) is 26.2 Å². The third-order valence-corrected chi connectivity index (χ3v) is 16.2. The van der Waals surface area contributed by atoms with Gasteiger partial charge in [0.25, 0.3) is 0 Å². The Hall–Kier alpha value is -3.24. The lowest BCUT2D eigenvalue weighted by Crippen LogP contribution is -2.70. The summed E-state index contributed by atoms with van der Waals surface area (Å²) in [5.74, 6) is 2.78. The Bertz CT molecular complexity index is 1940. The van der Waals surface area contributed by atoms with Gasteiger partial charge in [0.1, 0.15) is 0 Å². The zero-order valence-electron chi connectivity index (χ0n) is 29.1. The van der Waals surface area contributed by atoms with Crippen LogP contribution in [0.5, 0.6) is 23.0 Å². The van der Waals surface area contributed by atoms with Crippen molar-refractivity contribution < 1.29 is 29.9 Å². The molecular weight excluding hydrogens is 642 g/mol. The summed E-state index contributed by atoms with van der Waals surface area (Å²) in [5.41, 5.74) is 4.92.